The van der Waals surface area contributed by atoms with Gasteiger partial charge in [0.25, 0.3) is 11.6 Å². The number of nitrogens with one attached hydrogen (secondary N) is 1. The maximum atomic E-state index is 12.1. The number of non-ortho nitro benzene ring substituents is 1. The van der Waals surface area contributed by atoms with Crippen molar-refractivity contribution >= 4 is 40.3 Å². The molecule has 28 heavy (non-hydrogen) atoms. The molecule has 9 heteroatoms. The number of nitro groups is 1. The van der Waals surface area contributed by atoms with Gasteiger partial charge in [-0.15, -0.1) is 0 Å². The standard InChI is InChI=1S/C19H15ClN4O4/c1-12(28-16-8-6-15(7-9-16)24(26)27)19(25)23-21-11-14-10-13-4-2-3-5-17(13)22-18(14)20/h2-12H,1H3,(H,23,25)/b21-11+. The first-order chi connectivity index (χ1) is 13.4. The summed E-state index contributed by atoms with van der Waals surface area (Å²) in [5, 5.41) is 15.7. The molecule has 1 aromatic heterocycles. The topological polar surface area (TPSA) is 107 Å². The van der Waals surface area contributed by atoms with Crippen molar-refractivity contribution < 1.29 is 14.5 Å². The Morgan fingerprint density at radius 3 is 2.71 bits per heavy atom. The van der Waals surface area contributed by atoms with Crippen LogP contribution in [0.2, 0.25) is 5.15 Å². The summed E-state index contributed by atoms with van der Waals surface area (Å²) in [6.45, 7) is 1.54. The fourth-order valence-corrected chi connectivity index (χ4v) is 2.55. The van der Waals surface area contributed by atoms with Crippen molar-refractivity contribution in [1.82, 2.24) is 10.4 Å². The number of amides is 1. The van der Waals surface area contributed by atoms with E-state index in [0.717, 1.165) is 10.9 Å². The number of fused-ring (bicyclic) bond motifs is 1. The third kappa shape index (κ3) is 4.60. The van der Waals surface area contributed by atoms with E-state index in [2.05, 4.69) is 15.5 Å². The number of halogens is 1. The van der Waals surface area contributed by atoms with Crippen LogP contribution in [0.5, 0.6) is 5.75 Å². The smallest absolute Gasteiger partial charge is 0.280 e. The minimum Gasteiger partial charge on any atom is -0.481 e. The maximum Gasteiger partial charge on any atom is 0.280 e. The molecule has 1 N–H and O–H groups in total. The summed E-state index contributed by atoms with van der Waals surface area (Å²) >= 11 is 6.14. The highest BCUT2D eigenvalue weighted by Crippen LogP contribution is 2.19. The van der Waals surface area contributed by atoms with Gasteiger partial charge in [0.05, 0.1) is 16.7 Å². The second kappa shape index (κ2) is 8.45. The molecular formula is C19H15ClN4O4. The minimum absolute atomic E-state index is 0.0603. The molecule has 0 radical (unpaired) electrons. The summed E-state index contributed by atoms with van der Waals surface area (Å²) in [7, 11) is 0. The molecule has 1 heterocycles. The molecule has 3 rings (SSSR count). The number of benzene rings is 2. The largest absolute Gasteiger partial charge is 0.481 e. The normalized spacial score (nSPS) is 12.1. The molecule has 0 aliphatic heterocycles. The SMILES string of the molecule is CC(Oc1ccc([N+](=O)[O-])cc1)C(=O)N/N=C/c1cc2ccccc2nc1Cl. The molecule has 3 aromatic rings. The lowest BCUT2D eigenvalue weighted by molar-refractivity contribution is -0.384. The van der Waals surface area contributed by atoms with Gasteiger partial charge in [0, 0.05) is 23.1 Å². The number of aromatic nitrogens is 1. The van der Waals surface area contributed by atoms with Crippen LogP contribution < -0.4 is 10.2 Å². The number of carbonyl (C=O) groups excluding carboxylic acids is 1. The highest BCUT2D eigenvalue weighted by atomic mass is 35.5. The molecule has 2 aromatic carbocycles. The monoisotopic (exact) mass is 398 g/mol. The first-order valence-electron chi connectivity index (χ1n) is 8.23. The van der Waals surface area contributed by atoms with E-state index >= 15 is 0 Å². The van der Waals surface area contributed by atoms with E-state index < -0.39 is 16.9 Å². The summed E-state index contributed by atoms with van der Waals surface area (Å²) in [6.07, 6.45) is 0.543. The van der Waals surface area contributed by atoms with Crippen molar-refractivity contribution in [2.75, 3.05) is 0 Å². The van der Waals surface area contributed by atoms with Gasteiger partial charge in [0.2, 0.25) is 0 Å². The summed E-state index contributed by atoms with van der Waals surface area (Å²) < 4.78 is 5.45. The first-order valence-corrected chi connectivity index (χ1v) is 8.61. The number of nitro benzene ring substituents is 1. The van der Waals surface area contributed by atoms with E-state index in [4.69, 9.17) is 16.3 Å². The van der Waals surface area contributed by atoms with Crippen LogP contribution in [0, 0.1) is 10.1 Å². The number of hydrogen-bond acceptors (Lipinski definition) is 6. The average Bonchev–Trinajstić information content (AvgIpc) is 2.68. The number of nitrogens with zero attached hydrogens (tertiary/aromatic N) is 3. The molecule has 0 aliphatic carbocycles. The van der Waals surface area contributed by atoms with Crippen LogP contribution in [-0.2, 0) is 4.79 Å². The highest BCUT2D eigenvalue weighted by Gasteiger charge is 2.15. The Hall–Kier alpha value is -3.52. The second-order valence-electron chi connectivity index (χ2n) is 5.81. The van der Waals surface area contributed by atoms with Crippen molar-refractivity contribution in [2.45, 2.75) is 13.0 Å². The number of carbonyl (C=O) groups is 1. The molecule has 0 saturated heterocycles. The Kier molecular flexibility index (Phi) is 5.81. The van der Waals surface area contributed by atoms with Gasteiger partial charge >= 0.3 is 0 Å². The van der Waals surface area contributed by atoms with Crippen LogP contribution in [0.4, 0.5) is 5.69 Å². The van der Waals surface area contributed by atoms with Crippen LogP contribution in [-0.4, -0.2) is 28.1 Å². The predicted octanol–water partition coefficient (Wildman–Crippen LogP) is 3.71. The fourth-order valence-electron chi connectivity index (χ4n) is 2.36. The number of hydrazone groups is 1. The number of pyridine rings is 1. The van der Waals surface area contributed by atoms with Crippen molar-refractivity contribution in [1.29, 1.82) is 0 Å². The van der Waals surface area contributed by atoms with E-state index in [1.165, 1.54) is 37.4 Å². The Morgan fingerprint density at radius 2 is 2.00 bits per heavy atom. The Labute approximate surface area is 164 Å². The summed E-state index contributed by atoms with van der Waals surface area (Å²) in [6, 6.07) is 14.8. The third-order valence-corrected chi connectivity index (χ3v) is 4.12. The minimum atomic E-state index is -0.858. The van der Waals surface area contributed by atoms with Crippen molar-refractivity contribution in [3.8, 4) is 5.75 Å². The number of hydrogen-bond donors (Lipinski definition) is 1. The second-order valence-corrected chi connectivity index (χ2v) is 6.16. The van der Waals surface area contributed by atoms with Crippen LogP contribution in [0.3, 0.4) is 0 Å². The van der Waals surface area contributed by atoms with Crippen LogP contribution in [0.15, 0.2) is 59.7 Å². The van der Waals surface area contributed by atoms with Crippen LogP contribution in [0.1, 0.15) is 12.5 Å². The summed E-state index contributed by atoms with van der Waals surface area (Å²) in [5.41, 5.74) is 3.63. The Morgan fingerprint density at radius 1 is 1.29 bits per heavy atom. The lowest BCUT2D eigenvalue weighted by Gasteiger charge is -2.12. The van der Waals surface area contributed by atoms with Crippen molar-refractivity contribution in [2.24, 2.45) is 5.10 Å². The van der Waals surface area contributed by atoms with Gasteiger partial charge < -0.3 is 4.74 Å². The van der Waals surface area contributed by atoms with Crippen LogP contribution in [0.25, 0.3) is 10.9 Å². The van der Waals surface area contributed by atoms with E-state index in [0.29, 0.717) is 11.3 Å². The zero-order valence-electron chi connectivity index (χ0n) is 14.7. The Bertz CT molecular complexity index is 1050. The maximum absolute atomic E-state index is 12.1. The van der Waals surface area contributed by atoms with E-state index in [9.17, 15) is 14.9 Å². The van der Waals surface area contributed by atoms with Gasteiger partial charge in [-0.3, -0.25) is 14.9 Å². The fraction of sp³-hybridized carbons (Fsp3) is 0.105. The molecule has 1 amide bonds. The lowest BCUT2D eigenvalue weighted by atomic mass is 10.2. The average molecular weight is 399 g/mol. The van der Waals surface area contributed by atoms with Crippen molar-refractivity contribution in [3.63, 3.8) is 0 Å². The highest BCUT2D eigenvalue weighted by molar-refractivity contribution is 6.32. The summed E-state index contributed by atoms with van der Waals surface area (Å²) in [4.78, 5) is 26.5. The third-order valence-electron chi connectivity index (χ3n) is 3.81. The number of ether oxygens (including phenoxy) is 1. The molecule has 0 saturated carbocycles. The molecule has 0 fully saturated rings. The van der Waals surface area contributed by atoms with Gasteiger partial charge in [-0.1, -0.05) is 29.8 Å². The van der Waals surface area contributed by atoms with Gasteiger partial charge in [-0.25, -0.2) is 10.4 Å². The molecule has 1 unspecified atom stereocenters. The quantitative estimate of drug-likeness (QED) is 0.295. The van der Waals surface area contributed by atoms with Gasteiger partial charge in [-0.05, 0) is 31.2 Å². The zero-order chi connectivity index (χ0) is 20.1. The van der Waals surface area contributed by atoms with Gasteiger partial charge in [0.1, 0.15) is 10.9 Å². The lowest BCUT2D eigenvalue weighted by Crippen LogP contribution is -2.33. The molecule has 1 atom stereocenters. The molecule has 142 valence electrons. The molecule has 0 spiro atoms. The molecule has 0 bridgehead atoms. The predicted molar refractivity (Wildman–Crippen MR) is 106 cm³/mol. The number of rotatable bonds is 6. The molecule has 8 nitrogen and oxygen atoms in total. The van der Waals surface area contributed by atoms with Gasteiger partial charge in [0.15, 0.2) is 6.10 Å². The molecular weight excluding hydrogens is 384 g/mol. The van der Waals surface area contributed by atoms with Crippen LogP contribution >= 0.6 is 11.6 Å². The van der Waals surface area contributed by atoms with E-state index in [-0.39, 0.29) is 10.8 Å². The number of para-hydroxylation sites is 1. The zero-order valence-corrected chi connectivity index (χ0v) is 15.5. The first kappa shape index (κ1) is 19.2. The summed E-state index contributed by atoms with van der Waals surface area (Å²) in [5.74, 6) is -0.154. The van der Waals surface area contributed by atoms with Crippen molar-refractivity contribution in [3.05, 3.63) is 75.4 Å². The molecule has 0 aliphatic rings. The van der Waals surface area contributed by atoms with E-state index in [1.807, 2.05) is 30.3 Å². The van der Waals surface area contributed by atoms with E-state index in [1.54, 1.807) is 0 Å². The Balaban J connectivity index is 1.61. The van der Waals surface area contributed by atoms with Gasteiger partial charge in [-0.2, -0.15) is 5.10 Å².